The van der Waals surface area contributed by atoms with E-state index in [4.69, 9.17) is 11.6 Å². The van der Waals surface area contributed by atoms with E-state index < -0.39 is 0 Å². The molecule has 14 heavy (non-hydrogen) atoms. The van der Waals surface area contributed by atoms with E-state index in [0.717, 1.165) is 0 Å². The van der Waals surface area contributed by atoms with E-state index in [1.165, 1.54) is 19.5 Å². The summed E-state index contributed by atoms with van der Waals surface area (Å²) in [5.74, 6) is -0.214. The number of hydrogen-bond acceptors (Lipinski definition) is 4. The summed E-state index contributed by atoms with van der Waals surface area (Å²) < 4.78 is 4.64. The number of methoxy groups -OCH3 is 1. The van der Waals surface area contributed by atoms with Gasteiger partial charge in [0.1, 0.15) is 6.61 Å². The van der Waals surface area contributed by atoms with Crippen molar-refractivity contribution in [3.63, 3.8) is 0 Å². The third kappa shape index (κ3) is 3.27. The van der Waals surface area contributed by atoms with Crippen LogP contribution in [-0.4, -0.2) is 29.6 Å². The topological polar surface area (TPSA) is 64.1 Å². The summed E-state index contributed by atoms with van der Waals surface area (Å²) in [5, 5.41) is 2.89. The van der Waals surface area contributed by atoms with Crippen LogP contribution in [0.15, 0.2) is 12.4 Å². The molecule has 1 rings (SSSR count). The lowest BCUT2D eigenvalue weighted by Crippen LogP contribution is -2.27. The van der Waals surface area contributed by atoms with E-state index >= 15 is 0 Å². The largest absolute Gasteiger partial charge is 0.375 e. The standard InChI is InChI=1S/C8H10ClN3O2/c1-14-5-7(13)12-4-6-8(9)11-3-2-10-6/h2-3H,4-5H2,1H3,(H,12,13). The summed E-state index contributed by atoms with van der Waals surface area (Å²) in [6, 6.07) is 0. The van der Waals surface area contributed by atoms with E-state index in [1.54, 1.807) is 0 Å². The van der Waals surface area contributed by atoms with Gasteiger partial charge in [-0.1, -0.05) is 11.6 Å². The minimum Gasteiger partial charge on any atom is -0.375 e. The van der Waals surface area contributed by atoms with E-state index in [1.807, 2.05) is 0 Å². The summed E-state index contributed by atoms with van der Waals surface area (Å²) in [5.41, 5.74) is 0.540. The maximum atomic E-state index is 11.0. The molecule has 5 nitrogen and oxygen atoms in total. The van der Waals surface area contributed by atoms with Crippen molar-refractivity contribution in [2.24, 2.45) is 0 Å². The van der Waals surface area contributed by atoms with Gasteiger partial charge in [-0.15, -0.1) is 0 Å². The number of nitrogens with one attached hydrogen (secondary N) is 1. The third-order valence-electron chi connectivity index (χ3n) is 1.45. The zero-order chi connectivity index (χ0) is 10.4. The lowest BCUT2D eigenvalue weighted by atomic mass is 10.4. The van der Waals surface area contributed by atoms with E-state index in [0.29, 0.717) is 10.8 Å². The quantitative estimate of drug-likeness (QED) is 0.790. The second kappa shape index (κ2) is 5.51. The van der Waals surface area contributed by atoms with Gasteiger partial charge in [-0.05, 0) is 0 Å². The lowest BCUT2D eigenvalue weighted by molar-refractivity contribution is -0.124. The number of halogens is 1. The summed E-state index contributed by atoms with van der Waals surface area (Å²) in [6.07, 6.45) is 3.01. The van der Waals surface area contributed by atoms with Crippen molar-refractivity contribution in [2.75, 3.05) is 13.7 Å². The van der Waals surface area contributed by atoms with E-state index in [9.17, 15) is 4.79 Å². The van der Waals surface area contributed by atoms with E-state index in [-0.39, 0.29) is 19.1 Å². The Balaban J connectivity index is 2.46. The highest BCUT2D eigenvalue weighted by Gasteiger charge is 2.04. The third-order valence-corrected chi connectivity index (χ3v) is 1.77. The van der Waals surface area contributed by atoms with Crippen molar-refractivity contribution < 1.29 is 9.53 Å². The fourth-order valence-corrected chi connectivity index (χ4v) is 1.00. The molecule has 0 spiro atoms. The Labute approximate surface area is 86.5 Å². The van der Waals surface area contributed by atoms with Crippen LogP contribution in [0.5, 0.6) is 0 Å². The Morgan fingerprint density at radius 2 is 2.29 bits per heavy atom. The van der Waals surface area contributed by atoms with Crippen molar-refractivity contribution in [2.45, 2.75) is 6.54 Å². The monoisotopic (exact) mass is 215 g/mol. The minimum atomic E-state index is -0.214. The highest BCUT2D eigenvalue weighted by Crippen LogP contribution is 2.07. The van der Waals surface area contributed by atoms with Crippen LogP contribution in [0.1, 0.15) is 5.69 Å². The molecule has 0 bridgehead atoms. The molecule has 1 amide bonds. The molecule has 1 heterocycles. The lowest BCUT2D eigenvalue weighted by Gasteiger charge is -2.04. The summed E-state index contributed by atoms with van der Waals surface area (Å²) in [4.78, 5) is 18.8. The Morgan fingerprint density at radius 3 is 2.93 bits per heavy atom. The van der Waals surface area contributed by atoms with Crippen LogP contribution in [0.3, 0.4) is 0 Å². The van der Waals surface area contributed by atoms with Crippen LogP contribution >= 0.6 is 11.6 Å². The van der Waals surface area contributed by atoms with Gasteiger partial charge < -0.3 is 10.1 Å². The second-order valence-electron chi connectivity index (χ2n) is 2.50. The number of hydrogen-bond donors (Lipinski definition) is 1. The van der Waals surface area contributed by atoms with Gasteiger partial charge in [0.2, 0.25) is 5.91 Å². The number of carbonyl (C=O) groups excluding carboxylic acids is 1. The first kappa shape index (κ1) is 10.9. The predicted molar refractivity (Wildman–Crippen MR) is 50.8 cm³/mol. The molecule has 0 fully saturated rings. The molecule has 0 aliphatic carbocycles. The highest BCUT2D eigenvalue weighted by atomic mass is 35.5. The van der Waals surface area contributed by atoms with Crippen LogP contribution in [0.25, 0.3) is 0 Å². The van der Waals surface area contributed by atoms with Gasteiger partial charge in [-0.2, -0.15) is 0 Å². The molecule has 0 aliphatic rings. The molecule has 1 N–H and O–H groups in total. The van der Waals surface area contributed by atoms with Crippen molar-refractivity contribution >= 4 is 17.5 Å². The van der Waals surface area contributed by atoms with Gasteiger partial charge in [0.25, 0.3) is 0 Å². The molecule has 0 saturated carbocycles. The van der Waals surface area contributed by atoms with Gasteiger partial charge in [-0.3, -0.25) is 9.78 Å². The Bertz CT molecular complexity index is 319. The molecule has 0 aromatic carbocycles. The minimum absolute atomic E-state index is 0.0257. The molecular formula is C8H10ClN3O2. The molecular weight excluding hydrogens is 206 g/mol. The summed E-state index contributed by atoms with van der Waals surface area (Å²) in [7, 11) is 1.45. The average Bonchev–Trinajstić information content (AvgIpc) is 2.17. The van der Waals surface area contributed by atoms with Crippen LogP contribution in [0.2, 0.25) is 5.15 Å². The van der Waals surface area contributed by atoms with Gasteiger partial charge in [0.05, 0.1) is 12.2 Å². The Hall–Kier alpha value is -1.20. The molecule has 1 aromatic heterocycles. The SMILES string of the molecule is COCC(=O)NCc1nccnc1Cl. The Morgan fingerprint density at radius 1 is 1.57 bits per heavy atom. The van der Waals surface area contributed by atoms with Crippen molar-refractivity contribution in [1.82, 2.24) is 15.3 Å². The first-order valence-electron chi connectivity index (χ1n) is 3.95. The molecule has 0 saturated heterocycles. The summed E-state index contributed by atoms with van der Waals surface area (Å²) in [6.45, 7) is 0.284. The van der Waals surface area contributed by atoms with Crippen molar-refractivity contribution in [3.05, 3.63) is 23.2 Å². The van der Waals surface area contributed by atoms with Gasteiger partial charge in [-0.25, -0.2) is 4.98 Å². The van der Waals surface area contributed by atoms with Crippen LogP contribution in [-0.2, 0) is 16.1 Å². The number of rotatable bonds is 4. The maximum Gasteiger partial charge on any atom is 0.246 e. The molecule has 0 atom stereocenters. The van der Waals surface area contributed by atoms with Crippen molar-refractivity contribution in [1.29, 1.82) is 0 Å². The number of nitrogens with zero attached hydrogens (tertiary/aromatic N) is 2. The first-order chi connectivity index (χ1) is 6.74. The number of aromatic nitrogens is 2. The van der Waals surface area contributed by atoms with Gasteiger partial charge in [0, 0.05) is 19.5 Å². The fourth-order valence-electron chi connectivity index (χ4n) is 0.833. The highest BCUT2D eigenvalue weighted by molar-refractivity contribution is 6.29. The van der Waals surface area contributed by atoms with Gasteiger partial charge in [0.15, 0.2) is 5.15 Å². The maximum absolute atomic E-state index is 11.0. The summed E-state index contributed by atoms with van der Waals surface area (Å²) >= 11 is 5.73. The van der Waals surface area contributed by atoms with E-state index in [2.05, 4.69) is 20.0 Å². The zero-order valence-corrected chi connectivity index (χ0v) is 8.41. The van der Waals surface area contributed by atoms with Crippen molar-refractivity contribution in [3.8, 4) is 0 Å². The average molecular weight is 216 g/mol. The Kier molecular flexibility index (Phi) is 4.28. The molecule has 6 heteroatoms. The molecule has 76 valence electrons. The van der Waals surface area contributed by atoms with Crippen LogP contribution in [0, 0.1) is 0 Å². The van der Waals surface area contributed by atoms with Crippen LogP contribution < -0.4 is 5.32 Å². The second-order valence-corrected chi connectivity index (χ2v) is 2.86. The fraction of sp³-hybridized carbons (Fsp3) is 0.375. The molecule has 0 aliphatic heterocycles. The molecule has 0 unspecified atom stereocenters. The number of ether oxygens (including phenoxy) is 1. The molecule has 0 radical (unpaired) electrons. The smallest absolute Gasteiger partial charge is 0.246 e. The molecule has 1 aromatic rings. The first-order valence-corrected chi connectivity index (χ1v) is 4.33. The predicted octanol–water partition coefficient (Wildman–Crippen LogP) is 0.393. The number of amides is 1. The zero-order valence-electron chi connectivity index (χ0n) is 7.66. The number of carbonyl (C=O) groups is 1. The van der Waals surface area contributed by atoms with Gasteiger partial charge >= 0.3 is 0 Å². The normalized spacial score (nSPS) is 9.86. The van der Waals surface area contributed by atoms with Crippen LogP contribution in [0.4, 0.5) is 0 Å².